The van der Waals surface area contributed by atoms with Crippen LogP contribution in [-0.2, 0) is 0 Å². The summed E-state index contributed by atoms with van der Waals surface area (Å²) in [5.41, 5.74) is 0.976. The van der Waals surface area contributed by atoms with E-state index in [1.807, 2.05) is 22.9 Å². The number of hydrogen-bond donors (Lipinski definition) is 2. The van der Waals surface area contributed by atoms with E-state index in [-0.39, 0.29) is 11.8 Å². The van der Waals surface area contributed by atoms with Crippen LogP contribution in [0, 0.1) is 0 Å². The van der Waals surface area contributed by atoms with E-state index < -0.39 is 0 Å². The Kier molecular flexibility index (Phi) is 4.27. The van der Waals surface area contributed by atoms with E-state index in [1.165, 1.54) is 28.9 Å². The van der Waals surface area contributed by atoms with Gasteiger partial charge in [-0.2, -0.15) is 0 Å². The zero-order chi connectivity index (χ0) is 15.4. The molecule has 22 heavy (non-hydrogen) atoms. The van der Waals surface area contributed by atoms with Gasteiger partial charge in [-0.1, -0.05) is 12.1 Å². The highest BCUT2D eigenvalue weighted by molar-refractivity contribution is 7.12. The molecule has 0 aliphatic carbocycles. The monoisotopic (exact) mass is 329 g/mol. The summed E-state index contributed by atoms with van der Waals surface area (Å²) in [4.78, 5) is 29.4. The lowest BCUT2D eigenvalue weighted by molar-refractivity contribution is 0.102. The van der Waals surface area contributed by atoms with Crippen molar-refractivity contribution in [2.45, 2.75) is 0 Å². The number of nitrogens with one attached hydrogen (secondary N) is 2. The van der Waals surface area contributed by atoms with Crippen LogP contribution in [0.5, 0.6) is 0 Å². The number of rotatable bonds is 4. The van der Waals surface area contributed by atoms with Gasteiger partial charge in [-0.05, 0) is 29.0 Å². The van der Waals surface area contributed by atoms with Gasteiger partial charge in [0.1, 0.15) is 0 Å². The normalized spacial score (nSPS) is 10.2. The van der Waals surface area contributed by atoms with E-state index in [2.05, 4.69) is 15.6 Å². The predicted octanol–water partition coefficient (Wildman–Crippen LogP) is 3.71. The first kappa shape index (κ1) is 14.4. The average Bonchev–Trinajstić information content (AvgIpc) is 3.23. The van der Waals surface area contributed by atoms with Crippen LogP contribution in [0.2, 0.25) is 0 Å². The molecule has 3 heterocycles. The van der Waals surface area contributed by atoms with E-state index in [4.69, 9.17) is 0 Å². The Bertz CT molecular complexity index is 716. The molecular weight excluding hydrogens is 318 g/mol. The number of hydrogen-bond acceptors (Lipinski definition) is 5. The summed E-state index contributed by atoms with van der Waals surface area (Å²) in [6, 6.07) is 8.74. The summed E-state index contributed by atoms with van der Waals surface area (Å²) < 4.78 is 0. The van der Waals surface area contributed by atoms with Crippen LogP contribution >= 0.6 is 22.7 Å². The van der Waals surface area contributed by atoms with Crippen LogP contribution in [-0.4, -0.2) is 16.8 Å². The molecule has 2 N–H and O–H groups in total. The average molecular weight is 329 g/mol. The summed E-state index contributed by atoms with van der Waals surface area (Å²) in [6.45, 7) is 0. The van der Waals surface area contributed by atoms with Crippen molar-refractivity contribution in [1.82, 2.24) is 4.98 Å². The van der Waals surface area contributed by atoms with Gasteiger partial charge in [0.25, 0.3) is 11.8 Å². The molecule has 0 aliphatic rings. The van der Waals surface area contributed by atoms with Crippen molar-refractivity contribution in [2.75, 3.05) is 10.6 Å². The highest BCUT2D eigenvalue weighted by Crippen LogP contribution is 2.22. The van der Waals surface area contributed by atoms with Gasteiger partial charge in [-0.3, -0.25) is 14.6 Å². The molecule has 5 nitrogen and oxygen atoms in total. The first-order valence-corrected chi connectivity index (χ1v) is 8.13. The van der Waals surface area contributed by atoms with E-state index in [0.29, 0.717) is 21.1 Å². The maximum atomic E-state index is 12.1. The van der Waals surface area contributed by atoms with Gasteiger partial charge in [0, 0.05) is 6.20 Å². The number of aromatic nitrogens is 1. The Labute approximate surface area is 134 Å². The lowest BCUT2D eigenvalue weighted by Gasteiger charge is -2.10. The molecule has 7 heteroatoms. The highest BCUT2D eigenvalue weighted by atomic mass is 32.1. The third kappa shape index (κ3) is 3.21. The lowest BCUT2D eigenvalue weighted by Crippen LogP contribution is -2.15. The maximum absolute atomic E-state index is 12.1. The molecule has 3 aromatic heterocycles. The van der Waals surface area contributed by atoms with Crippen LogP contribution in [0.25, 0.3) is 0 Å². The van der Waals surface area contributed by atoms with E-state index >= 15 is 0 Å². The van der Waals surface area contributed by atoms with Crippen molar-refractivity contribution < 1.29 is 9.59 Å². The Morgan fingerprint density at radius 2 is 1.45 bits per heavy atom. The van der Waals surface area contributed by atoms with Gasteiger partial charge < -0.3 is 10.6 Å². The van der Waals surface area contributed by atoms with Crippen LogP contribution in [0.3, 0.4) is 0 Å². The summed E-state index contributed by atoms with van der Waals surface area (Å²) in [5.74, 6) is -0.442. The quantitative estimate of drug-likeness (QED) is 0.766. The zero-order valence-electron chi connectivity index (χ0n) is 11.3. The number of carbonyl (C=O) groups excluding carboxylic acids is 2. The molecule has 0 spiro atoms. The first-order valence-electron chi connectivity index (χ1n) is 6.38. The van der Waals surface area contributed by atoms with Gasteiger partial charge >= 0.3 is 0 Å². The minimum atomic E-state index is -0.227. The summed E-state index contributed by atoms with van der Waals surface area (Å²) in [6.07, 6.45) is 3.07. The molecule has 2 amide bonds. The van der Waals surface area contributed by atoms with E-state index in [9.17, 15) is 9.59 Å². The largest absolute Gasteiger partial charge is 0.319 e. The Balaban J connectivity index is 1.78. The first-order chi connectivity index (χ1) is 10.7. The standard InChI is InChI=1S/C15H11N3O2S2/c19-14(12-3-1-7-21-12)17-10-5-6-16-9-11(10)18-15(20)13-4-2-8-22-13/h1-9H,(H,18,20)(H,16,17,19). The minimum Gasteiger partial charge on any atom is -0.319 e. The molecule has 0 saturated heterocycles. The summed E-state index contributed by atoms with van der Waals surface area (Å²) in [7, 11) is 0. The van der Waals surface area contributed by atoms with E-state index in [1.54, 1.807) is 24.4 Å². The van der Waals surface area contributed by atoms with Crippen molar-refractivity contribution >= 4 is 45.9 Å². The second-order valence-electron chi connectivity index (χ2n) is 4.28. The SMILES string of the molecule is O=C(Nc1ccncc1NC(=O)c1cccs1)c1cccs1. The molecule has 0 unspecified atom stereocenters. The molecule has 0 bridgehead atoms. The second-order valence-corrected chi connectivity index (χ2v) is 6.18. The Morgan fingerprint density at radius 3 is 2.00 bits per heavy atom. The third-order valence-electron chi connectivity index (χ3n) is 2.81. The van der Waals surface area contributed by atoms with Crippen molar-refractivity contribution in [3.05, 3.63) is 63.2 Å². The Morgan fingerprint density at radius 1 is 0.864 bits per heavy atom. The Hall–Kier alpha value is -2.51. The maximum Gasteiger partial charge on any atom is 0.265 e. The number of nitrogens with zero attached hydrogens (tertiary/aromatic N) is 1. The van der Waals surface area contributed by atoms with Crippen LogP contribution < -0.4 is 10.6 Å². The molecular formula is C15H11N3O2S2. The molecule has 110 valence electrons. The minimum absolute atomic E-state index is 0.215. The van der Waals surface area contributed by atoms with Crippen LogP contribution in [0.15, 0.2) is 53.5 Å². The second kappa shape index (κ2) is 6.50. The number of anilines is 2. The van der Waals surface area contributed by atoms with Crippen molar-refractivity contribution in [3.8, 4) is 0 Å². The van der Waals surface area contributed by atoms with Crippen LogP contribution in [0.1, 0.15) is 19.3 Å². The van der Waals surface area contributed by atoms with Crippen molar-refractivity contribution in [3.63, 3.8) is 0 Å². The fourth-order valence-corrected chi connectivity index (χ4v) is 3.02. The van der Waals surface area contributed by atoms with Crippen molar-refractivity contribution in [1.29, 1.82) is 0 Å². The zero-order valence-corrected chi connectivity index (χ0v) is 12.9. The fourth-order valence-electron chi connectivity index (χ4n) is 1.79. The summed E-state index contributed by atoms with van der Waals surface area (Å²) in [5, 5.41) is 9.21. The number of amides is 2. The molecule has 3 rings (SSSR count). The highest BCUT2D eigenvalue weighted by Gasteiger charge is 2.13. The molecule has 0 atom stereocenters. The number of pyridine rings is 1. The topological polar surface area (TPSA) is 71.1 Å². The smallest absolute Gasteiger partial charge is 0.265 e. The molecule has 3 aromatic rings. The lowest BCUT2D eigenvalue weighted by atomic mass is 10.3. The molecule has 0 aromatic carbocycles. The fraction of sp³-hybridized carbons (Fsp3) is 0. The molecule has 0 saturated carbocycles. The number of thiophene rings is 2. The predicted molar refractivity (Wildman–Crippen MR) is 88.8 cm³/mol. The van der Waals surface area contributed by atoms with Crippen LogP contribution in [0.4, 0.5) is 11.4 Å². The summed E-state index contributed by atoms with van der Waals surface area (Å²) >= 11 is 2.70. The van der Waals surface area contributed by atoms with Gasteiger partial charge in [-0.15, -0.1) is 22.7 Å². The third-order valence-corrected chi connectivity index (χ3v) is 4.54. The van der Waals surface area contributed by atoms with Gasteiger partial charge in [0.15, 0.2) is 0 Å². The van der Waals surface area contributed by atoms with Gasteiger partial charge in [-0.25, -0.2) is 0 Å². The van der Waals surface area contributed by atoms with Crippen molar-refractivity contribution in [2.24, 2.45) is 0 Å². The molecule has 0 aliphatic heterocycles. The van der Waals surface area contributed by atoms with Gasteiger partial charge in [0.2, 0.25) is 0 Å². The molecule has 0 radical (unpaired) electrons. The van der Waals surface area contributed by atoms with E-state index in [0.717, 1.165) is 0 Å². The van der Waals surface area contributed by atoms with Gasteiger partial charge in [0.05, 0.1) is 27.3 Å². The number of carbonyl (C=O) groups is 2. The molecule has 0 fully saturated rings.